The Kier molecular flexibility index (Phi) is 3.13. The minimum absolute atomic E-state index is 0.0402. The molecule has 17 heavy (non-hydrogen) atoms. The second-order valence-electron chi connectivity index (χ2n) is 4.11. The highest BCUT2D eigenvalue weighted by Gasteiger charge is 2.40. The van der Waals surface area contributed by atoms with E-state index in [9.17, 15) is 9.18 Å². The Labute approximate surface area is 98.5 Å². The lowest BCUT2D eigenvalue weighted by molar-refractivity contribution is 0.0858. The fourth-order valence-electron chi connectivity index (χ4n) is 1.87. The molecule has 1 saturated heterocycles. The summed E-state index contributed by atoms with van der Waals surface area (Å²) >= 11 is 0. The van der Waals surface area contributed by atoms with Crippen LogP contribution in [0.5, 0.6) is 5.75 Å². The van der Waals surface area contributed by atoms with Gasteiger partial charge in [0.2, 0.25) is 0 Å². The smallest absolute Gasteiger partial charge is 0.188 e. The van der Waals surface area contributed by atoms with Gasteiger partial charge in [0, 0.05) is 6.61 Å². The molecule has 0 saturated carbocycles. The van der Waals surface area contributed by atoms with E-state index >= 15 is 0 Å². The number of hydrogen-bond donors (Lipinski definition) is 1. The first-order valence-electron chi connectivity index (χ1n) is 5.32. The molecule has 1 atom stereocenters. The van der Waals surface area contributed by atoms with Gasteiger partial charge in [-0.3, -0.25) is 4.79 Å². The summed E-state index contributed by atoms with van der Waals surface area (Å²) in [5.74, 6) is -1.07. The van der Waals surface area contributed by atoms with Gasteiger partial charge in [-0.15, -0.1) is 0 Å². The molecule has 0 aliphatic carbocycles. The number of Topliss-reactive ketones (excluding diaryl/α,β-unsaturated/α-hetero) is 1. The summed E-state index contributed by atoms with van der Waals surface area (Å²) in [6.07, 6.45) is 0.405. The Morgan fingerprint density at radius 1 is 1.59 bits per heavy atom. The Bertz CT molecular complexity index is 441. The molecule has 0 bridgehead atoms. The predicted molar refractivity (Wildman–Crippen MR) is 59.6 cm³/mol. The molecule has 1 fully saturated rings. The number of ketones is 1. The average molecular weight is 239 g/mol. The molecule has 0 spiro atoms. The molecule has 2 N–H and O–H groups in total. The van der Waals surface area contributed by atoms with Crippen LogP contribution >= 0.6 is 0 Å². The van der Waals surface area contributed by atoms with Crippen LogP contribution in [-0.2, 0) is 4.74 Å². The lowest BCUT2D eigenvalue weighted by atomic mass is 9.89. The molecule has 1 aliphatic heterocycles. The van der Waals surface area contributed by atoms with Gasteiger partial charge in [-0.2, -0.15) is 0 Å². The maximum atomic E-state index is 13.9. The van der Waals surface area contributed by atoms with E-state index in [0.717, 1.165) is 0 Å². The van der Waals surface area contributed by atoms with Gasteiger partial charge >= 0.3 is 0 Å². The predicted octanol–water partition coefficient (Wildman–Crippen LogP) is 1.13. The van der Waals surface area contributed by atoms with Gasteiger partial charge in [-0.1, -0.05) is 6.07 Å². The van der Waals surface area contributed by atoms with Crippen LogP contribution in [0.3, 0.4) is 0 Å². The number of methoxy groups -OCH3 is 1. The summed E-state index contributed by atoms with van der Waals surface area (Å²) in [4.78, 5) is 12.2. The Hall–Kier alpha value is -1.46. The van der Waals surface area contributed by atoms with E-state index in [4.69, 9.17) is 15.2 Å². The first-order valence-corrected chi connectivity index (χ1v) is 5.32. The van der Waals surface area contributed by atoms with Gasteiger partial charge in [0.05, 0.1) is 19.3 Å². The van der Waals surface area contributed by atoms with Crippen molar-refractivity contribution in [1.82, 2.24) is 0 Å². The van der Waals surface area contributed by atoms with Crippen LogP contribution < -0.4 is 10.5 Å². The van der Waals surface area contributed by atoms with Crippen LogP contribution in [0.15, 0.2) is 18.2 Å². The minimum Gasteiger partial charge on any atom is -0.494 e. The number of nitrogens with two attached hydrogens (primary N) is 1. The van der Waals surface area contributed by atoms with Gasteiger partial charge in [0.1, 0.15) is 5.54 Å². The first-order chi connectivity index (χ1) is 8.08. The number of carbonyl (C=O) groups excluding carboxylic acids is 1. The van der Waals surface area contributed by atoms with E-state index in [0.29, 0.717) is 13.0 Å². The van der Waals surface area contributed by atoms with E-state index in [-0.39, 0.29) is 17.9 Å². The molecule has 1 unspecified atom stereocenters. The third-order valence-corrected chi connectivity index (χ3v) is 2.93. The third kappa shape index (κ3) is 2.03. The van der Waals surface area contributed by atoms with Crippen molar-refractivity contribution < 1.29 is 18.7 Å². The number of ether oxygens (including phenoxy) is 2. The Morgan fingerprint density at radius 2 is 2.35 bits per heavy atom. The normalized spacial score (nSPS) is 23.7. The van der Waals surface area contributed by atoms with Crippen molar-refractivity contribution in [2.45, 2.75) is 12.0 Å². The zero-order chi connectivity index (χ0) is 12.5. The molecule has 1 aromatic carbocycles. The van der Waals surface area contributed by atoms with E-state index in [1.54, 1.807) is 6.07 Å². The maximum Gasteiger partial charge on any atom is 0.188 e. The molecule has 0 aromatic heterocycles. The molecular formula is C12H14FNO3. The molecule has 0 radical (unpaired) electrons. The zero-order valence-corrected chi connectivity index (χ0v) is 9.53. The van der Waals surface area contributed by atoms with Crippen LogP contribution in [0, 0.1) is 5.82 Å². The topological polar surface area (TPSA) is 61.5 Å². The molecule has 2 rings (SSSR count). The van der Waals surface area contributed by atoms with Gasteiger partial charge < -0.3 is 15.2 Å². The van der Waals surface area contributed by atoms with Crippen molar-refractivity contribution >= 4 is 5.78 Å². The summed E-state index contributed by atoms with van der Waals surface area (Å²) in [6, 6.07) is 4.43. The molecule has 4 nitrogen and oxygen atoms in total. The highest BCUT2D eigenvalue weighted by atomic mass is 19.1. The van der Waals surface area contributed by atoms with Crippen LogP contribution in [0.4, 0.5) is 4.39 Å². The van der Waals surface area contributed by atoms with Crippen molar-refractivity contribution in [1.29, 1.82) is 0 Å². The molecule has 92 valence electrons. The SMILES string of the molecule is COc1cccc(C(=O)C2(N)CCOC2)c1F. The highest BCUT2D eigenvalue weighted by molar-refractivity contribution is 6.04. The van der Waals surface area contributed by atoms with Crippen molar-refractivity contribution in [3.63, 3.8) is 0 Å². The van der Waals surface area contributed by atoms with E-state index in [1.165, 1.54) is 19.2 Å². The number of carbonyl (C=O) groups is 1. The van der Waals surface area contributed by atoms with Crippen molar-refractivity contribution in [2.24, 2.45) is 5.73 Å². The van der Waals surface area contributed by atoms with Gasteiger partial charge in [0.25, 0.3) is 0 Å². The molecule has 1 aliphatic rings. The minimum atomic E-state index is -1.12. The van der Waals surface area contributed by atoms with E-state index < -0.39 is 17.1 Å². The third-order valence-electron chi connectivity index (χ3n) is 2.93. The van der Waals surface area contributed by atoms with Crippen molar-refractivity contribution in [2.75, 3.05) is 20.3 Å². The number of hydrogen-bond acceptors (Lipinski definition) is 4. The van der Waals surface area contributed by atoms with Crippen LogP contribution in [0.25, 0.3) is 0 Å². The van der Waals surface area contributed by atoms with Crippen LogP contribution in [0.2, 0.25) is 0 Å². The summed E-state index contributed by atoms with van der Waals surface area (Å²) < 4.78 is 23.8. The molecule has 1 heterocycles. The summed E-state index contributed by atoms with van der Waals surface area (Å²) in [6.45, 7) is 0.552. The second-order valence-corrected chi connectivity index (χ2v) is 4.11. The van der Waals surface area contributed by atoms with Crippen LogP contribution in [-0.4, -0.2) is 31.6 Å². The van der Waals surface area contributed by atoms with Gasteiger partial charge in [-0.05, 0) is 18.6 Å². The second kappa shape index (κ2) is 4.43. The average Bonchev–Trinajstić information content (AvgIpc) is 2.77. The quantitative estimate of drug-likeness (QED) is 0.803. The fourth-order valence-corrected chi connectivity index (χ4v) is 1.87. The van der Waals surface area contributed by atoms with E-state index in [1.807, 2.05) is 0 Å². The summed E-state index contributed by atoms with van der Waals surface area (Å²) in [5.41, 5.74) is 4.75. The summed E-state index contributed by atoms with van der Waals surface area (Å²) in [5, 5.41) is 0. The Morgan fingerprint density at radius 3 is 2.94 bits per heavy atom. The number of benzene rings is 1. The van der Waals surface area contributed by atoms with E-state index in [2.05, 4.69) is 0 Å². The number of rotatable bonds is 3. The highest BCUT2D eigenvalue weighted by Crippen LogP contribution is 2.26. The van der Waals surface area contributed by atoms with Gasteiger partial charge in [-0.25, -0.2) is 4.39 Å². The Balaban J connectivity index is 2.37. The van der Waals surface area contributed by atoms with Crippen molar-refractivity contribution in [3.8, 4) is 5.75 Å². The molecular weight excluding hydrogens is 225 g/mol. The molecule has 5 heteroatoms. The molecule has 1 aromatic rings. The monoisotopic (exact) mass is 239 g/mol. The standard InChI is InChI=1S/C12H14FNO3/c1-16-9-4-2-3-8(10(9)13)11(15)12(14)5-6-17-7-12/h2-4H,5-7,14H2,1H3. The van der Waals surface area contributed by atoms with Crippen molar-refractivity contribution in [3.05, 3.63) is 29.6 Å². The maximum absolute atomic E-state index is 13.9. The molecule has 0 amide bonds. The largest absolute Gasteiger partial charge is 0.494 e. The van der Waals surface area contributed by atoms with Gasteiger partial charge in [0.15, 0.2) is 17.3 Å². The zero-order valence-electron chi connectivity index (χ0n) is 9.53. The number of halogens is 1. The lowest BCUT2D eigenvalue weighted by Gasteiger charge is -2.20. The summed E-state index contributed by atoms with van der Waals surface area (Å²) in [7, 11) is 1.35. The van der Waals surface area contributed by atoms with Crippen LogP contribution in [0.1, 0.15) is 16.8 Å². The lowest BCUT2D eigenvalue weighted by Crippen LogP contribution is -2.48. The first kappa shape index (κ1) is 12.0. The fraction of sp³-hybridized carbons (Fsp3) is 0.417.